The highest BCUT2D eigenvalue weighted by Crippen LogP contribution is 2.44. The monoisotopic (exact) mass is 258 g/mol. The molecule has 20 heavy (non-hydrogen) atoms. The van der Waals surface area contributed by atoms with Gasteiger partial charge in [-0.25, -0.2) is 0 Å². The van der Waals surface area contributed by atoms with Gasteiger partial charge in [-0.2, -0.15) is 0 Å². The first kappa shape index (κ1) is 11.7. The normalized spacial score (nSPS) is 12.6. The van der Waals surface area contributed by atoms with Crippen LogP contribution in [-0.2, 0) is 6.42 Å². The predicted molar refractivity (Wildman–Crippen MR) is 86.4 cm³/mol. The summed E-state index contributed by atoms with van der Waals surface area (Å²) in [7, 11) is 0. The number of fused-ring (bicyclic) bond motifs is 5. The molecule has 98 valence electrons. The standard InChI is InChI=1S/C20H18/c1-12-10-17-11-16-9-8-15-6-4-5-7-18(15)20(16)19(17)14(3)13(12)2/h4-10H,11H2,1-3H3. The molecule has 1 aliphatic carbocycles. The van der Waals surface area contributed by atoms with Crippen LogP contribution in [0.3, 0.4) is 0 Å². The van der Waals surface area contributed by atoms with Crippen molar-refractivity contribution in [2.75, 3.05) is 0 Å². The Kier molecular flexibility index (Phi) is 2.32. The molecule has 3 aromatic carbocycles. The van der Waals surface area contributed by atoms with E-state index in [2.05, 4.69) is 63.2 Å². The Morgan fingerprint density at radius 2 is 1.55 bits per heavy atom. The molecule has 0 amide bonds. The molecule has 0 aliphatic heterocycles. The van der Waals surface area contributed by atoms with Gasteiger partial charge in [0.05, 0.1) is 0 Å². The van der Waals surface area contributed by atoms with Crippen LogP contribution in [0.5, 0.6) is 0 Å². The van der Waals surface area contributed by atoms with E-state index in [0.29, 0.717) is 0 Å². The topological polar surface area (TPSA) is 0 Å². The fourth-order valence-electron chi connectivity index (χ4n) is 3.62. The fourth-order valence-corrected chi connectivity index (χ4v) is 3.62. The van der Waals surface area contributed by atoms with Crippen molar-refractivity contribution in [2.45, 2.75) is 27.2 Å². The van der Waals surface area contributed by atoms with Crippen LogP contribution in [0.25, 0.3) is 21.9 Å². The Morgan fingerprint density at radius 3 is 2.40 bits per heavy atom. The minimum absolute atomic E-state index is 1.08. The summed E-state index contributed by atoms with van der Waals surface area (Å²) < 4.78 is 0. The number of benzene rings is 3. The van der Waals surface area contributed by atoms with Crippen molar-refractivity contribution in [3.05, 3.63) is 70.3 Å². The molecule has 0 heteroatoms. The van der Waals surface area contributed by atoms with Gasteiger partial charge < -0.3 is 0 Å². The molecule has 0 unspecified atom stereocenters. The van der Waals surface area contributed by atoms with E-state index in [-0.39, 0.29) is 0 Å². The van der Waals surface area contributed by atoms with Crippen molar-refractivity contribution in [3.8, 4) is 11.1 Å². The quantitative estimate of drug-likeness (QED) is 0.399. The molecule has 0 radical (unpaired) electrons. The molecule has 0 spiro atoms. The van der Waals surface area contributed by atoms with Gasteiger partial charge in [0.1, 0.15) is 0 Å². The number of hydrogen-bond donors (Lipinski definition) is 0. The zero-order chi connectivity index (χ0) is 13.9. The third-order valence-electron chi connectivity index (χ3n) is 4.89. The van der Waals surface area contributed by atoms with Crippen molar-refractivity contribution < 1.29 is 0 Å². The van der Waals surface area contributed by atoms with E-state index >= 15 is 0 Å². The van der Waals surface area contributed by atoms with Gasteiger partial charge in [0.15, 0.2) is 0 Å². The Bertz CT molecular complexity index is 854. The largest absolute Gasteiger partial charge is 0.0616 e. The summed E-state index contributed by atoms with van der Waals surface area (Å²) in [4.78, 5) is 0. The highest BCUT2D eigenvalue weighted by molar-refractivity contribution is 6.02. The average Bonchev–Trinajstić information content (AvgIpc) is 2.83. The van der Waals surface area contributed by atoms with Crippen molar-refractivity contribution in [3.63, 3.8) is 0 Å². The Hall–Kier alpha value is -2.08. The summed E-state index contributed by atoms with van der Waals surface area (Å²) in [5.41, 5.74) is 10.2. The molecule has 1 aliphatic rings. The van der Waals surface area contributed by atoms with Crippen molar-refractivity contribution in [2.24, 2.45) is 0 Å². The highest BCUT2D eigenvalue weighted by Gasteiger charge is 2.23. The van der Waals surface area contributed by atoms with E-state index < -0.39 is 0 Å². The maximum absolute atomic E-state index is 2.38. The first-order chi connectivity index (χ1) is 9.66. The zero-order valence-electron chi connectivity index (χ0n) is 12.2. The lowest BCUT2D eigenvalue weighted by molar-refractivity contribution is 1.20. The predicted octanol–water partition coefficient (Wildman–Crippen LogP) is 5.34. The maximum Gasteiger partial charge on any atom is -0.00130 e. The highest BCUT2D eigenvalue weighted by atomic mass is 14.3. The third-order valence-corrected chi connectivity index (χ3v) is 4.89. The summed E-state index contributed by atoms with van der Waals surface area (Å²) in [6.07, 6.45) is 1.08. The van der Waals surface area contributed by atoms with Crippen LogP contribution >= 0.6 is 0 Å². The summed E-state index contributed by atoms with van der Waals surface area (Å²) in [5.74, 6) is 0. The minimum Gasteiger partial charge on any atom is -0.0616 e. The Morgan fingerprint density at radius 1 is 0.750 bits per heavy atom. The minimum atomic E-state index is 1.08. The zero-order valence-corrected chi connectivity index (χ0v) is 12.2. The van der Waals surface area contributed by atoms with Gasteiger partial charge in [-0.05, 0) is 76.9 Å². The smallest absolute Gasteiger partial charge is 0.00130 e. The van der Waals surface area contributed by atoms with E-state index in [4.69, 9.17) is 0 Å². The van der Waals surface area contributed by atoms with E-state index in [0.717, 1.165) is 6.42 Å². The second kappa shape index (κ2) is 3.96. The van der Waals surface area contributed by atoms with Crippen LogP contribution in [0.1, 0.15) is 27.8 Å². The van der Waals surface area contributed by atoms with Crippen molar-refractivity contribution >= 4 is 10.8 Å². The van der Waals surface area contributed by atoms with Crippen molar-refractivity contribution in [1.82, 2.24) is 0 Å². The third kappa shape index (κ3) is 1.42. The Balaban J connectivity index is 2.16. The molecule has 0 saturated heterocycles. The van der Waals surface area contributed by atoms with Crippen LogP contribution in [-0.4, -0.2) is 0 Å². The first-order valence-corrected chi connectivity index (χ1v) is 7.27. The van der Waals surface area contributed by atoms with Crippen LogP contribution in [0, 0.1) is 20.8 Å². The summed E-state index contributed by atoms with van der Waals surface area (Å²) >= 11 is 0. The van der Waals surface area contributed by atoms with Gasteiger partial charge >= 0.3 is 0 Å². The number of aryl methyl sites for hydroxylation is 1. The summed E-state index contributed by atoms with van der Waals surface area (Å²) in [5, 5.41) is 2.74. The van der Waals surface area contributed by atoms with Gasteiger partial charge in [-0.3, -0.25) is 0 Å². The lowest BCUT2D eigenvalue weighted by Crippen LogP contribution is -1.93. The molecule has 3 aromatic rings. The first-order valence-electron chi connectivity index (χ1n) is 7.27. The van der Waals surface area contributed by atoms with Gasteiger partial charge in [0.2, 0.25) is 0 Å². The number of rotatable bonds is 0. The molecule has 0 heterocycles. The molecule has 0 saturated carbocycles. The van der Waals surface area contributed by atoms with Crippen LogP contribution in [0.4, 0.5) is 0 Å². The van der Waals surface area contributed by atoms with E-state index in [1.807, 2.05) is 0 Å². The number of hydrogen-bond acceptors (Lipinski definition) is 0. The lowest BCUT2D eigenvalue weighted by atomic mass is 9.91. The van der Waals surface area contributed by atoms with Crippen molar-refractivity contribution in [1.29, 1.82) is 0 Å². The van der Waals surface area contributed by atoms with E-state index in [9.17, 15) is 0 Å². The van der Waals surface area contributed by atoms with Crippen LogP contribution in [0.2, 0.25) is 0 Å². The average molecular weight is 258 g/mol. The summed E-state index contributed by atoms with van der Waals surface area (Å²) in [6.45, 7) is 6.75. The van der Waals surface area contributed by atoms with Crippen LogP contribution in [0.15, 0.2) is 42.5 Å². The SMILES string of the molecule is Cc1cc2c(c(C)c1C)-c1c(ccc3ccccc13)C2. The molecule has 0 atom stereocenters. The molecule has 0 fully saturated rings. The van der Waals surface area contributed by atoms with Gasteiger partial charge in [-0.1, -0.05) is 42.5 Å². The van der Waals surface area contributed by atoms with Gasteiger partial charge in [-0.15, -0.1) is 0 Å². The molecular weight excluding hydrogens is 240 g/mol. The lowest BCUT2D eigenvalue weighted by Gasteiger charge is -2.13. The molecule has 0 aromatic heterocycles. The van der Waals surface area contributed by atoms with Crippen LogP contribution < -0.4 is 0 Å². The van der Waals surface area contributed by atoms with E-state index in [1.165, 1.54) is 49.7 Å². The second-order valence-corrected chi connectivity index (χ2v) is 5.98. The fraction of sp³-hybridized carbons (Fsp3) is 0.200. The molecule has 0 nitrogen and oxygen atoms in total. The molecular formula is C20H18. The maximum atomic E-state index is 2.38. The molecule has 4 rings (SSSR count). The molecule has 0 N–H and O–H groups in total. The Labute approximate surface area is 120 Å². The summed E-state index contributed by atoms with van der Waals surface area (Å²) in [6, 6.07) is 15.7. The van der Waals surface area contributed by atoms with Gasteiger partial charge in [0, 0.05) is 0 Å². The molecule has 0 bridgehead atoms. The second-order valence-electron chi connectivity index (χ2n) is 5.98. The van der Waals surface area contributed by atoms with E-state index in [1.54, 1.807) is 0 Å². The van der Waals surface area contributed by atoms with Gasteiger partial charge in [0.25, 0.3) is 0 Å².